The maximum Gasteiger partial charge on any atom is 0.0665 e. The van der Waals surface area contributed by atoms with Gasteiger partial charge in [0, 0.05) is 10.9 Å². The van der Waals surface area contributed by atoms with E-state index in [9.17, 15) is 5.26 Å². The van der Waals surface area contributed by atoms with Gasteiger partial charge in [-0.25, -0.2) is 0 Å². The monoisotopic (exact) mass is 231 g/mol. The molecule has 2 aliphatic rings. The Morgan fingerprint density at radius 1 is 1.12 bits per heavy atom. The average molecular weight is 232 g/mol. The molecule has 1 aromatic carbocycles. The lowest BCUT2D eigenvalue weighted by Crippen LogP contribution is -2.19. The maximum atomic E-state index is 9.30. The molecule has 3 rings (SSSR count). The lowest BCUT2D eigenvalue weighted by Gasteiger charge is -2.26. The van der Waals surface area contributed by atoms with Crippen molar-refractivity contribution in [2.24, 2.45) is 17.8 Å². The molecule has 0 radical (unpaired) electrons. The van der Waals surface area contributed by atoms with Crippen molar-refractivity contribution in [3.8, 4) is 6.07 Å². The molecule has 2 heteroatoms. The second-order valence-corrected chi connectivity index (χ2v) is 5.50. The van der Waals surface area contributed by atoms with Gasteiger partial charge in [-0.3, -0.25) is 0 Å². The van der Waals surface area contributed by atoms with Crippen molar-refractivity contribution in [2.75, 3.05) is 0 Å². The van der Waals surface area contributed by atoms with Gasteiger partial charge in [-0.1, -0.05) is 23.7 Å². The highest BCUT2D eigenvalue weighted by Gasteiger charge is 2.48. The fourth-order valence-corrected chi connectivity index (χ4v) is 3.77. The molecule has 0 unspecified atom stereocenters. The van der Waals surface area contributed by atoms with E-state index in [-0.39, 0.29) is 5.92 Å². The summed E-state index contributed by atoms with van der Waals surface area (Å²) in [4.78, 5) is 0. The van der Waals surface area contributed by atoms with Gasteiger partial charge in [-0.15, -0.1) is 0 Å². The minimum absolute atomic E-state index is 0.236. The molecule has 16 heavy (non-hydrogen) atoms. The third-order valence-corrected chi connectivity index (χ3v) is 4.57. The van der Waals surface area contributed by atoms with Crippen LogP contribution in [0.15, 0.2) is 24.3 Å². The summed E-state index contributed by atoms with van der Waals surface area (Å²) >= 11 is 5.90. The Hall–Kier alpha value is -1.00. The molecule has 0 amide bonds. The molecule has 1 nitrogen and oxygen atoms in total. The van der Waals surface area contributed by atoms with Gasteiger partial charge < -0.3 is 0 Å². The number of nitrogens with zero attached hydrogens (tertiary/aromatic N) is 1. The highest BCUT2D eigenvalue weighted by Crippen LogP contribution is 2.56. The summed E-state index contributed by atoms with van der Waals surface area (Å²) < 4.78 is 0. The molecular weight excluding hydrogens is 218 g/mol. The highest BCUT2D eigenvalue weighted by molar-refractivity contribution is 6.30. The first-order chi connectivity index (χ1) is 7.79. The quantitative estimate of drug-likeness (QED) is 0.717. The summed E-state index contributed by atoms with van der Waals surface area (Å²) in [6.07, 6.45) is 3.81. The van der Waals surface area contributed by atoms with E-state index in [0.717, 1.165) is 10.9 Å². The zero-order chi connectivity index (χ0) is 11.1. The number of hydrogen-bond donors (Lipinski definition) is 0. The van der Waals surface area contributed by atoms with E-state index in [0.29, 0.717) is 11.8 Å². The predicted molar refractivity (Wildman–Crippen MR) is 64.1 cm³/mol. The van der Waals surface area contributed by atoms with E-state index in [1.54, 1.807) is 0 Å². The molecule has 2 aliphatic carbocycles. The second-order valence-electron chi connectivity index (χ2n) is 5.07. The van der Waals surface area contributed by atoms with Crippen LogP contribution < -0.4 is 0 Å². The number of fused-ring (bicyclic) bond motifs is 2. The van der Waals surface area contributed by atoms with E-state index in [1.165, 1.54) is 24.8 Å². The normalized spacial score (nSPS) is 36.2. The molecule has 4 atom stereocenters. The van der Waals surface area contributed by atoms with Crippen LogP contribution in [0.25, 0.3) is 0 Å². The van der Waals surface area contributed by atoms with Gasteiger partial charge in [0.1, 0.15) is 0 Å². The van der Waals surface area contributed by atoms with Gasteiger partial charge >= 0.3 is 0 Å². The van der Waals surface area contributed by atoms with Crippen LogP contribution >= 0.6 is 11.6 Å². The number of nitriles is 1. The summed E-state index contributed by atoms with van der Waals surface area (Å²) in [7, 11) is 0. The van der Waals surface area contributed by atoms with Crippen molar-refractivity contribution in [1.29, 1.82) is 5.26 Å². The zero-order valence-electron chi connectivity index (χ0n) is 9.07. The molecule has 0 aliphatic heterocycles. The molecule has 2 bridgehead atoms. The number of halogens is 1. The lowest BCUT2D eigenvalue weighted by molar-refractivity contribution is 0.349. The molecule has 2 fully saturated rings. The fraction of sp³-hybridized carbons (Fsp3) is 0.500. The van der Waals surface area contributed by atoms with Crippen LogP contribution in [-0.4, -0.2) is 0 Å². The SMILES string of the molecule is N#C[C@@H]1[C@@H]2CC[C@@H](C2)[C@@H]1c1ccc(Cl)cc1. The second kappa shape index (κ2) is 3.79. The van der Waals surface area contributed by atoms with Crippen molar-refractivity contribution >= 4 is 11.6 Å². The first-order valence-corrected chi connectivity index (χ1v) is 6.32. The van der Waals surface area contributed by atoms with Crippen molar-refractivity contribution in [3.63, 3.8) is 0 Å². The van der Waals surface area contributed by atoms with Crippen molar-refractivity contribution < 1.29 is 0 Å². The molecule has 0 aromatic heterocycles. The average Bonchev–Trinajstić information content (AvgIpc) is 2.89. The molecule has 0 heterocycles. The largest absolute Gasteiger partial charge is 0.198 e. The maximum absolute atomic E-state index is 9.30. The summed E-state index contributed by atoms with van der Waals surface area (Å²) in [5, 5.41) is 10.1. The smallest absolute Gasteiger partial charge is 0.0665 e. The van der Waals surface area contributed by atoms with Crippen LogP contribution in [0.5, 0.6) is 0 Å². The Morgan fingerprint density at radius 3 is 2.50 bits per heavy atom. The molecule has 0 spiro atoms. The van der Waals surface area contributed by atoms with Gasteiger partial charge in [0.2, 0.25) is 0 Å². The zero-order valence-corrected chi connectivity index (χ0v) is 9.82. The van der Waals surface area contributed by atoms with E-state index in [2.05, 4.69) is 18.2 Å². The van der Waals surface area contributed by atoms with E-state index < -0.39 is 0 Å². The summed E-state index contributed by atoms with van der Waals surface area (Å²) in [6, 6.07) is 10.6. The number of rotatable bonds is 1. The number of benzene rings is 1. The topological polar surface area (TPSA) is 23.8 Å². The van der Waals surface area contributed by atoms with E-state index in [1.807, 2.05) is 12.1 Å². The van der Waals surface area contributed by atoms with Gasteiger partial charge in [-0.05, 0) is 48.8 Å². The Balaban J connectivity index is 1.95. The third kappa shape index (κ3) is 1.44. The summed E-state index contributed by atoms with van der Waals surface area (Å²) in [6.45, 7) is 0. The van der Waals surface area contributed by atoms with Gasteiger partial charge in [0.05, 0.1) is 12.0 Å². The first kappa shape index (κ1) is 10.2. The van der Waals surface area contributed by atoms with Gasteiger partial charge in [0.25, 0.3) is 0 Å². The Bertz CT molecular complexity index is 431. The number of hydrogen-bond acceptors (Lipinski definition) is 1. The summed E-state index contributed by atoms with van der Waals surface area (Å²) in [5.41, 5.74) is 1.31. The minimum Gasteiger partial charge on any atom is -0.198 e. The first-order valence-electron chi connectivity index (χ1n) is 5.94. The van der Waals surface area contributed by atoms with Gasteiger partial charge in [0.15, 0.2) is 0 Å². The van der Waals surface area contributed by atoms with Crippen LogP contribution in [0, 0.1) is 29.1 Å². The molecule has 1 aromatic rings. The van der Waals surface area contributed by atoms with Crippen LogP contribution in [0.2, 0.25) is 5.02 Å². The van der Waals surface area contributed by atoms with E-state index >= 15 is 0 Å². The van der Waals surface area contributed by atoms with Crippen LogP contribution in [0.4, 0.5) is 0 Å². The molecular formula is C14H14ClN. The van der Waals surface area contributed by atoms with E-state index in [4.69, 9.17) is 11.6 Å². The van der Waals surface area contributed by atoms with Crippen LogP contribution in [-0.2, 0) is 0 Å². The predicted octanol–water partition coefficient (Wildman–Crippen LogP) is 3.99. The highest BCUT2D eigenvalue weighted by atomic mass is 35.5. The molecule has 0 N–H and O–H groups in total. The van der Waals surface area contributed by atoms with Crippen molar-refractivity contribution in [3.05, 3.63) is 34.9 Å². The molecule has 2 saturated carbocycles. The minimum atomic E-state index is 0.236. The Morgan fingerprint density at radius 2 is 1.81 bits per heavy atom. The van der Waals surface area contributed by atoms with Crippen LogP contribution in [0.3, 0.4) is 0 Å². The lowest BCUT2D eigenvalue weighted by atomic mass is 9.76. The van der Waals surface area contributed by atoms with Crippen molar-refractivity contribution in [2.45, 2.75) is 25.2 Å². The molecule has 82 valence electrons. The summed E-state index contributed by atoms with van der Waals surface area (Å²) in [5.74, 6) is 2.08. The fourth-order valence-electron chi connectivity index (χ4n) is 3.64. The molecule has 0 saturated heterocycles. The van der Waals surface area contributed by atoms with Crippen molar-refractivity contribution in [1.82, 2.24) is 0 Å². The third-order valence-electron chi connectivity index (χ3n) is 4.32. The van der Waals surface area contributed by atoms with Gasteiger partial charge in [-0.2, -0.15) is 5.26 Å². The van der Waals surface area contributed by atoms with Crippen LogP contribution in [0.1, 0.15) is 30.7 Å². The standard InChI is InChI=1S/C14H14ClN/c15-12-5-3-9(4-6-12)14-11-2-1-10(7-11)13(14)8-16/h3-6,10-11,13-14H,1-2,7H2/t10-,11+,13-,14+/m1/s1. The Labute approximate surface area is 101 Å². The Kier molecular flexibility index (Phi) is 2.41.